The van der Waals surface area contributed by atoms with Crippen LogP contribution >= 0.6 is 0 Å². The van der Waals surface area contributed by atoms with Crippen LogP contribution in [0.2, 0.25) is 0 Å². The first-order valence-electron chi connectivity index (χ1n) is 7.38. The molecule has 6 heteroatoms. The van der Waals surface area contributed by atoms with Gasteiger partial charge in [0.2, 0.25) is 0 Å². The highest BCUT2D eigenvalue weighted by Crippen LogP contribution is 2.13. The van der Waals surface area contributed by atoms with Crippen molar-refractivity contribution in [3.05, 3.63) is 46.0 Å². The van der Waals surface area contributed by atoms with Gasteiger partial charge < -0.3 is 14.8 Å². The first-order chi connectivity index (χ1) is 10.7. The minimum Gasteiger partial charge on any atom is -0.396 e. The molecule has 1 aromatic carbocycles. The van der Waals surface area contributed by atoms with Gasteiger partial charge in [-0.15, -0.1) is 0 Å². The Bertz CT molecular complexity index is 716. The fraction of sp³-hybridized carbons (Fsp3) is 0.438. The monoisotopic (exact) mass is 306 g/mol. The molecule has 2 N–H and O–H groups in total. The fourth-order valence-electron chi connectivity index (χ4n) is 2.81. The zero-order chi connectivity index (χ0) is 15.5. The Kier molecular flexibility index (Phi) is 4.52. The maximum Gasteiger partial charge on any atom is 0.189 e. The molecule has 0 aliphatic carbocycles. The number of hydrogen-bond acceptors (Lipinski definition) is 4. The van der Waals surface area contributed by atoms with Crippen LogP contribution in [0.3, 0.4) is 0 Å². The standard InChI is InChI=1S/C16H19FN2O3/c17-12-1-2-15-14(5-12)16(21)6-13(18-15)8-19-3-4-22-10-11(7-19)9-20/h1-2,5-6,11,20H,3-4,7-10H2,(H,18,21)/t11-/m0/s1. The van der Waals surface area contributed by atoms with E-state index in [2.05, 4.69) is 9.88 Å². The van der Waals surface area contributed by atoms with E-state index in [1.54, 1.807) is 6.07 Å². The van der Waals surface area contributed by atoms with Crippen LogP contribution in [0.25, 0.3) is 10.9 Å². The lowest BCUT2D eigenvalue weighted by Crippen LogP contribution is -2.31. The molecular formula is C16H19FN2O3. The molecule has 2 heterocycles. The molecule has 1 fully saturated rings. The zero-order valence-electron chi connectivity index (χ0n) is 12.2. The summed E-state index contributed by atoms with van der Waals surface area (Å²) >= 11 is 0. The number of benzene rings is 1. The first kappa shape index (κ1) is 15.1. The summed E-state index contributed by atoms with van der Waals surface area (Å²) in [5, 5.41) is 9.67. The number of halogens is 1. The molecular weight excluding hydrogens is 287 g/mol. The number of aromatic nitrogens is 1. The second-order valence-electron chi connectivity index (χ2n) is 5.71. The minimum atomic E-state index is -0.416. The highest BCUT2D eigenvalue weighted by Gasteiger charge is 2.18. The van der Waals surface area contributed by atoms with Crippen molar-refractivity contribution in [2.75, 3.05) is 32.9 Å². The number of pyridine rings is 1. The van der Waals surface area contributed by atoms with E-state index in [-0.39, 0.29) is 18.0 Å². The van der Waals surface area contributed by atoms with Gasteiger partial charge in [0.1, 0.15) is 5.82 Å². The average molecular weight is 306 g/mol. The Labute approximate surface area is 127 Å². The number of aliphatic hydroxyl groups excluding tert-OH is 1. The molecule has 1 saturated heterocycles. The van der Waals surface area contributed by atoms with Crippen molar-refractivity contribution in [2.45, 2.75) is 6.54 Å². The van der Waals surface area contributed by atoms with E-state index in [1.807, 2.05) is 0 Å². The van der Waals surface area contributed by atoms with E-state index >= 15 is 0 Å². The highest BCUT2D eigenvalue weighted by molar-refractivity contribution is 5.78. The van der Waals surface area contributed by atoms with Crippen LogP contribution in [0.4, 0.5) is 4.39 Å². The summed E-state index contributed by atoms with van der Waals surface area (Å²) in [5.74, 6) is -0.329. The van der Waals surface area contributed by atoms with Crippen LogP contribution in [0.15, 0.2) is 29.1 Å². The van der Waals surface area contributed by atoms with Gasteiger partial charge in [0.25, 0.3) is 0 Å². The fourth-order valence-corrected chi connectivity index (χ4v) is 2.81. The number of rotatable bonds is 3. The average Bonchev–Trinajstić information content (AvgIpc) is 2.73. The number of H-pyrrole nitrogens is 1. The number of nitrogens with one attached hydrogen (secondary N) is 1. The lowest BCUT2D eigenvalue weighted by molar-refractivity contribution is 0.0958. The summed E-state index contributed by atoms with van der Waals surface area (Å²) in [6, 6.07) is 5.68. The summed E-state index contributed by atoms with van der Waals surface area (Å²) in [6.45, 7) is 3.30. The van der Waals surface area contributed by atoms with Crippen LogP contribution in [0, 0.1) is 11.7 Å². The molecule has 1 aliphatic rings. The Morgan fingerprint density at radius 2 is 2.27 bits per heavy atom. The van der Waals surface area contributed by atoms with Gasteiger partial charge in [0, 0.05) is 54.8 Å². The number of aromatic amines is 1. The van der Waals surface area contributed by atoms with E-state index in [0.717, 1.165) is 18.8 Å². The molecule has 22 heavy (non-hydrogen) atoms. The molecule has 118 valence electrons. The van der Waals surface area contributed by atoms with Crippen molar-refractivity contribution < 1.29 is 14.2 Å². The van der Waals surface area contributed by atoms with Gasteiger partial charge in [-0.25, -0.2) is 4.39 Å². The van der Waals surface area contributed by atoms with E-state index in [9.17, 15) is 14.3 Å². The Morgan fingerprint density at radius 3 is 3.09 bits per heavy atom. The van der Waals surface area contributed by atoms with Gasteiger partial charge in [-0.3, -0.25) is 9.69 Å². The maximum absolute atomic E-state index is 13.2. The normalized spacial score (nSPS) is 20.2. The van der Waals surface area contributed by atoms with Crippen molar-refractivity contribution in [2.24, 2.45) is 5.92 Å². The van der Waals surface area contributed by atoms with Gasteiger partial charge in [-0.2, -0.15) is 0 Å². The molecule has 0 amide bonds. The maximum atomic E-state index is 13.2. The van der Waals surface area contributed by atoms with Crippen molar-refractivity contribution in [3.63, 3.8) is 0 Å². The lowest BCUT2D eigenvalue weighted by Gasteiger charge is -2.22. The Balaban J connectivity index is 1.84. The molecule has 0 bridgehead atoms. The van der Waals surface area contributed by atoms with E-state index in [1.165, 1.54) is 18.2 Å². The zero-order valence-corrected chi connectivity index (χ0v) is 12.2. The molecule has 0 unspecified atom stereocenters. The van der Waals surface area contributed by atoms with Crippen molar-refractivity contribution in [1.82, 2.24) is 9.88 Å². The highest BCUT2D eigenvalue weighted by atomic mass is 19.1. The van der Waals surface area contributed by atoms with Crippen molar-refractivity contribution in [3.8, 4) is 0 Å². The quantitative estimate of drug-likeness (QED) is 0.891. The van der Waals surface area contributed by atoms with E-state index in [4.69, 9.17) is 4.74 Å². The molecule has 0 saturated carbocycles. The lowest BCUT2D eigenvalue weighted by atomic mass is 10.1. The van der Waals surface area contributed by atoms with Crippen LogP contribution in [-0.2, 0) is 11.3 Å². The molecule has 1 aromatic heterocycles. The number of fused-ring (bicyclic) bond motifs is 1. The van der Waals surface area contributed by atoms with Crippen molar-refractivity contribution in [1.29, 1.82) is 0 Å². The molecule has 1 atom stereocenters. The number of hydrogen-bond donors (Lipinski definition) is 2. The summed E-state index contributed by atoms with van der Waals surface area (Å²) in [6.07, 6.45) is 0. The van der Waals surface area contributed by atoms with Crippen LogP contribution in [0.1, 0.15) is 5.69 Å². The summed E-state index contributed by atoms with van der Waals surface area (Å²) < 4.78 is 18.7. The molecule has 3 rings (SSSR count). The predicted molar refractivity (Wildman–Crippen MR) is 81.2 cm³/mol. The topological polar surface area (TPSA) is 65.6 Å². The van der Waals surface area contributed by atoms with Gasteiger partial charge in [0.15, 0.2) is 5.43 Å². The first-order valence-corrected chi connectivity index (χ1v) is 7.38. The second-order valence-corrected chi connectivity index (χ2v) is 5.71. The van der Waals surface area contributed by atoms with Gasteiger partial charge in [-0.05, 0) is 18.2 Å². The third kappa shape index (κ3) is 3.35. The van der Waals surface area contributed by atoms with E-state index in [0.29, 0.717) is 30.7 Å². The number of ether oxygens (including phenoxy) is 1. The summed E-state index contributed by atoms with van der Waals surface area (Å²) in [7, 11) is 0. The summed E-state index contributed by atoms with van der Waals surface area (Å²) in [4.78, 5) is 17.4. The van der Waals surface area contributed by atoms with Gasteiger partial charge >= 0.3 is 0 Å². The van der Waals surface area contributed by atoms with Gasteiger partial charge in [-0.1, -0.05) is 0 Å². The molecule has 0 radical (unpaired) electrons. The van der Waals surface area contributed by atoms with Crippen LogP contribution < -0.4 is 5.43 Å². The number of aliphatic hydroxyl groups is 1. The molecule has 0 spiro atoms. The molecule has 2 aromatic rings. The second kappa shape index (κ2) is 6.56. The largest absolute Gasteiger partial charge is 0.396 e. The van der Waals surface area contributed by atoms with Gasteiger partial charge in [0.05, 0.1) is 13.2 Å². The Hall–Kier alpha value is -1.76. The summed E-state index contributed by atoms with van der Waals surface area (Å²) in [5.41, 5.74) is 1.23. The third-order valence-corrected chi connectivity index (χ3v) is 3.92. The van der Waals surface area contributed by atoms with Crippen molar-refractivity contribution >= 4 is 10.9 Å². The predicted octanol–water partition coefficient (Wildman–Crippen LogP) is 1.11. The SMILES string of the molecule is O=c1cc(CN2CCOC[C@H](CO)C2)[nH]c2ccc(F)cc12. The van der Waals surface area contributed by atoms with Crippen LogP contribution in [0.5, 0.6) is 0 Å². The molecule has 5 nitrogen and oxygen atoms in total. The van der Waals surface area contributed by atoms with E-state index < -0.39 is 5.82 Å². The minimum absolute atomic E-state index is 0.0868. The van der Waals surface area contributed by atoms with Crippen LogP contribution in [-0.4, -0.2) is 47.9 Å². The smallest absolute Gasteiger partial charge is 0.189 e. The Morgan fingerprint density at radius 1 is 1.41 bits per heavy atom. The third-order valence-electron chi connectivity index (χ3n) is 3.92. The molecule has 1 aliphatic heterocycles. The number of nitrogens with zero attached hydrogens (tertiary/aromatic N) is 1.